The van der Waals surface area contributed by atoms with Crippen molar-refractivity contribution in [1.29, 1.82) is 0 Å². The van der Waals surface area contributed by atoms with Crippen LogP contribution in [0.2, 0.25) is 0 Å². The van der Waals surface area contributed by atoms with E-state index in [4.69, 9.17) is 4.74 Å². The van der Waals surface area contributed by atoms with Crippen molar-refractivity contribution in [3.63, 3.8) is 0 Å². The van der Waals surface area contributed by atoms with Gasteiger partial charge >= 0.3 is 0 Å². The first kappa shape index (κ1) is 18.7. The summed E-state index contributed by atoms with van der Waals surface area (Å²) in [6.45, 7) is 3.54. The summed E-state index contributed by atoms with van der Waals surface area (Å²) in [5, 5.41) is 2.88. The van der Waals surface area contributed by atoms with Crippen LogP contribution in [-0.4, -0.2) is 38.1 Å². The Labute approximate surface area is 150 Å². The Morgan fingerprint density at radius 2 is 1.84 bits per heavy atom. The minimum atomic E-state index is -0.160. The molecule has 0 spiro atoms. The van der Waals surface area contributed by atoms with Crippen molar-refractivity contribution >= 4 is 17.7 Å². The van der Waals surface area contributed by atoms with E-state index in [2.05, 4.69) is 24.3 Å². The third-order valence-corrected chi connectivity index (χ3v) is 3.70. The van der Waals surface area contributed by atoms with E-state index in [-0.39, 0.29) is 5.91 Å². The van der Waals surface area contributed by atoms with Gasteiger partial charge in [0, 0.05) is 23.9 Å². The highest BCUT2D eigenvalue weighted by Gasteiger charge is 2.02. The van der Waals surface area contributed by atoms with Crippen molar-refractivity contribution in [1.82, 2.24) is 4.90 Å². The average molecular weight is 338 g/mol. The lowest BCUT2D eigenvalue weighted by atomic mass is 10.1. The van der Waals surface area contributed by atoms with Gasteiger partial charge in [-0.3, -0.25) is 4.79 Å². The second-order valence-electron chi connectivity index (χ2n) is 6.04. The fourth-order valence-corrected chi connectivity index (χ4v) is 2.36. The molecule has 0 aliphatic rings. The molecule has 0 aromatic heterocycles. The Bertz CT molecular complexity index is 706. The molecule has 0 aliphatic carbocycles. The molecule has 0 aliphatic heterocycles. The van der Waals surface area contributed by atoms with Crippen molar-refractivity contribution < 1.29 is 9.53 Å². The molecule has 2 aromatic rings. The lowest BCUT2D eigenvalue weighted by Crippen LogP contribution is -2.15. The lowest BCUT2D eigenvalue weighted by Gasteiger charge is -2.09. The maximum atomic E-state index is 12.1. The normalized spacial score (nSPS) is 11.0. The van der Waals surface area contributed by atoms with Crippen LogP contribution in [0.3, 0.4) is 0 Å². The molecule has 1 N–H and O–H groups in total. The van der Waals surface area contributed by atoms with Crippen LogP contribution in [0, 0.1) is 0 Å². The first-order valence-corrected chi connectivity index (χ1v) is 8.53. The van der Waals surface area contributed by atoms with Crippen molar-refractivity contribution in [3.8, 4) is 5.75 Å². The summed E-state index contributed by atoms with van der Waals surface area (Å²) in [5.74, 6) is 0.617. The summed E-state index contributed by atoms with van der Waals surface area (Å²) in [6.07, 6.45) is 4.29. The number of nitrogens with zero attached hydrogens (tertiary/aromatic N) is 1. The molecule has 0 saturated heterocycles. The van der Waals surface area contributed by atoms with Gasteiger partial charge in [-0.15, -0.1) is 0 Å². The van der Waals surface area contributed by atoms with Gasteiger partial charge in [0.05, 0.1) is 6.61 Å². The third kappa shape index (κ3) is 6.43. The molecule has 4 nitrogen and oxygen atoms in total. The van der Waals surface area contributed by atoms with Crippen LogP contribution in [0.4, 0.5) is 5.69 Å². The predicted molar refractivity (Wildman–Crippen MR) is 104 cm³/mol. The molecule has 0 bridgehead atoms. The zero-order valence-electron chi connectivity index (χ0n) is 15.2. The second kappa shape index (κ2) is 9.64. The third-order valence-electron chi connectivity index (χ3n) is 3.70. The summed E-state index contributed by atoms with van der Waals surface area (Å²) < 4.78 is 5.55. The van der Waals surface area contributed by atoms with Gasteiger partial charge < -0.3 is 15.0 Å². The van der Waals surface area contributed by atoms with Gasteiger partial charge in [-0.1, -0.05) is 30.3 Å². The van der Waals surface area contributed by atoms with Crippen LogP contribution in [0.1, 0.15) is 18.1 Å². The number of hydrogen-bond donors (Lipinski definition) is 1. The number of rotatable bonds is 8. The van der Waals surface area contributed by atoms with E-state index in [1.807, 2.05) is 55.5 Å². The summed E-state index contributed by atoms with van der Waals surface area (Å²) in [7, 11) is 4.12. The van der Waals surface area contributed by atoms with Gasteiger partial charge in [-0.2, -0.15) is 0 Å². The molecule has 0 unspecified atom stereocenters. The maximum Gasteiger partial charge on any atom is 0.248 e. The van der Waals surface area contributed by atoms with Gasteiger partial charge in [0.2, 0.25) is 5.91 Å². The summed E-state index contributed by atoms with van der Waals surface area (Å²) >= 11 is 0. The summed E-state index contributed by atoms with van der Waals surface area (Å²) in [5.41, 5.74) is 2.94. The monoisotopic (exact) mass is 338 g/mol. The highest BCUT2D eigenvalue weighted by atomic mass is 16.5. The van der Waals surface area contributed by atoms with Crippen molar-refractivity contribution in [2.45, 2.75) is 13.3 Å². The number of amides is 1. The number of likely N-dealkylation sites (N-methyl/N-ethyl adjacent to an activating group) is 1. The Morgan fingerprint density at radius 1 is 1.12 bits per heavy atom. The van der Waals surface area contributed by atoms with Gasteiger partial charge in [0.15, 0.2) is 0 Å². The smallest absolute Gasteiger partial charge is 0.248 e. The number of anilines is 1. The number of carbonyl (C=O) groups excluding carboxylic acids is 1. The molecule has 0 saturated carbocycles. The molecule has 0 heterocycles. The molecular formula is C21H26N2O2. The van der Waals surface area contributed by atoms with Crippen LogP contribution in [0.5, 0.6) is 5.75 Å². The Balaban J connectivity index is 1.94. The first-order valence-electron chi connectivity index (χ1n) is 8.53. The van der Waals surface area contributed by atoms with Crippen LogP contribution in [0.25, 0.3) is 6.08 Å². The molecule has 1 amide bonds. The zero-order chi connectivity index (χ0) is 18.1. The van der Waals surface area contributed by atoms with E-state index in [1.54, 1.807) is 6.08 Å². The molecule has 25 heavy (non-hydrogen) atoms. The summed E-state index contributed by atoms with van der Waals surface area (Å²) in [4.78, 5) is 14.3. The Morgan fingerprint density at radius 3 is 2.52 bits per heavy atom. The lowest BCUT2D eigenvalue weighted by molar-refractivity contribution is -0.111. The molecule has 0 radical (unpaired) electrons. The van der Waals surface area contributed by atoms with E-state index in [0.29, 0.717) is 6.61 Å². The fraction of sp³-hybridized carbons (Fsp3) is 0.286. The van der Waals surface area contributed by atoms with Crippen molar-refractivity contribution in [2.75, 3.05) is 32.6 Å². The largest absolute Gasteiger partial charge is 0.493 e. The standard InChI is InChI=1S/C21H26N2O2/c1-4-25-20-8-6-5-7-18(20)11-14-21(24)22-19-12-9-17(10-13-19)15-16-23(2)3/h5-14H,4,15-16H2,1-3H3,(H,22,24)/b14-11+. The van der Waals surface area contributed by atoms with E-state index in [9.17, 15) is 4.79 Å². The zero-order valence-corrected chi connectivity index (χ0v) is 15.2. The molecular weight excluding hydrogens is 312 g/mol. The molecule has 2 aromatic carbocycles. The van der Waals surface area contributed by atoms with E-state index in [1.165, 1.54) is 11.6 Å². The fourth-order valence-electron chi connectivity index (χ4n) is 2.36. The highest BCUT2D eigenvalue weighted by molar-refractivity contribution is 6.02. The predicted octanol–water partition coefficient (Wildman–Crippen LogP) is 3.84. The quantitative estimate of drug-likeness (QED) is 0.744. The Hall–Kier alpha value is -2.59. The topological polar surface area (TPSA) is 41.6 Å². The molecule has 4 heteroatoms. The van der Waals surface area contributed by atoms with Gasteiger partial charge in [0.25, 0.3) is 0 Å². The summed E-state index contributed by atoms with van der Waals surface area (Å²) in [6, 6.07) is 15.6. The number of carbonyl (C=O) groups is 1. The number of ether oxygens (including phenoxy) is 1. The maximum absolute atomic E-state index is 12.1. The van der Waals surface area contributed by atoms with Gasteiger partial charge in [-0.05, 0) is 57.3 Å². The van der Waals surface area contributed by atoms with Crippen molar-refractivity contribution in [2.24, 2.45) is 0 Å². The number of para-hydroxylation sites is 1. The first-order chi connectivity index (χ1) is 12.1. The number of hydrogen-bond acceptors (Lipinski definition) is 3. The molecule has 0 atom stereocenters. The average Bonchev–Trinajstić information content (AvgIpc) is 2.60. The minimum Gasteiger partial charge on any atom is -0.493 e. The SMILES string of the molecule is CCOc1ccccc1/C=C/C(=O)Nc1ccc(CCN(C)C)cc1. The second-order valence-corrected chi connectivity index (χ2v) is 6.04. The van der Waals surface area contributed by atoms with Crippen LogP contribution in [-0.2, 0) is 11.2 Å². The molecule has 2 rings (SSSR count). The number of nitrogens with one attached hydrogen (secondary N) is 1. The van der Waals surface area contributed by atoms with Crippen LogP contribution >= 0.6 is 0 Å². The Kier molecular flexibility index (Phi) is 7.23. The van der Waals surface area contributed by atoms with Crippen molar-refractivity contribution in [3.05, 3.63) is 65.7 Å². The van der Waals surface area contributed by atoms with Crippen LogP contribution in [0.15, 0.2) is 54.6 Å². The van der Waals surface area contributed by atoms with E-state index in [0.717, 1.165) is 30.0 Å². The van der Waals surface area contributed by atoms with Gasteiger partial charge in [-0.25, -0.2) is 0 Å². The van der Waals surface area contributed by atoms with Gasteiger partial charge in [0.1, 0.15) is 5.75 Å². The number of benzene rings is 2. The van der Waals surface area contributed by atoms with E-state index < -0.39 is 0 Å². The molecule has 132 valence electrons. The van der Waals surface area contributed by atoms with Crippen LogP contribution < -0.4 is 10.1 Å². The highest BCUT2D eigenvalue weighted by Crippen LogP contribution is 2.19. The molecule has 0 fully saturated rings. The minimum absolute atomic E-state index is 0.160. The van der Waals surface area contributed by atoms with E-state index >= 15 is 0 Å².